The lowest BCUT2D eigenvalue weighted by Crippen LogP contribution is -2.44. The van der Waals surface area contributed by atoms with Crippen LogP contribution in [0.25, 0.3) is 0 Å². The van der Waals surface area contributed by atoms with Gasteiger partial charge in [-0.25, -0.2) is 0 Å². The lowest BCUT2D eigenvalue weighted by atomic mass is 9.98. The van der Waals surface area contributed by atoms with Crippen LogP contribution in [-0.4, -0.2) is 44.0 Å². The van der Waals surface area contributed by atoms with E-state index >= 15 is 0 Å². The van der Waals surface area contributed by atoms with Crippen LogP contribution >= 0.6 is 12.4 Å². The maximum Gasteiger partial charge on any atom is 0.234 e. The number of benzene rings is 1. The Morgan fingerprint density at radius 1 is 1.33 bits per heavy atom. The highest BCUT2D eigenvalue weighted by atomic mass is 35.5. The van der Waals surface area contributed by atoms with E-state index in [-0.39, 0.29) is 18.3 Å². The van der Waals surface area contributed by atoms with Crippen LogP contribution in [0.4, 0.5) is 0 Å². The Balaban J connectivity index is 0.00000220. The van der Waals surface area contributed by atoms with Crippen molar-refractivity contribution in [2.75, 3.05) is 33.2 Å². The summed E-state index contributed by atoms with van der Waals surface area (Å²) in [6, 6.07) is 10.0. The van der Waals surface area contributed by atoms with Crippen LogP contribution < -0.4 is 10.6 Å². The molecule has 1 aliphatic heterocycles. The van der Waals surface area contributed by atoms with Gasteiger partial charge in [0.15, 0.2) is 0 Å². The maximum atomic E-state index is 12.0. The molecule has 1 unspecified atom stereocenters. The van der Waals surface area contributed by atoms with Gasteiger partial charge in [-0.2, -0.15) is 0 Å². The summed E-state index contributed by atoms with van der Waals surface area (Å²) in [6.07, 6.45) is 2.46. The molecule has 1 aromatic rings. The number of carbonyl (C=O) groups excluding carboxylic acids is 1. The van der Waals surface area contributed by atoms with Crippen molar-refractivity contribution in [3.8, 4) is 0 Å². The van der Waals surface area contributed by atoms with Gasteiger partial charge in [0.2, 0.25) is 5.91 Å². The molecule has 21 heavy (non-hydrogen) atoms. The van der Waals surface area contributed by atoms with Crippen LogP contribution in [0.15, 0.2) is 30.3 Å². The first-order chi connectivity index (χ1) is 9.78. The molecule has 1 aliphatic rings. The van der Waals surface area contributed by atoms with E-state index in [2.05, 4.69) is 15.5 Å². The highest BCUT2D eigenvalue weighted by Crippen LogP contribution is 2.15. The minimum atomic E-state index is 0. The van der Waals surface area contributed by atoms with Crippen molar-refractivity contribution in [3.63, 3.8) is 0 Å². The zero-order valence-electron chi connectivity index (χ0n) is 12.7. The van der Waals surface area contributed by atoms with E-state index in [1.807, 2.05) is 37.4 Å². The summed E-state index contributed by atoms with van der Waals surface area (Å²) in [5.41, 5.74) is 1.15. The lowest BCUT2D eigenvalue weighted by Gasteiger charge is -2.32. The number of carbonyl (C=O) groups is 1. The van der Waals surface area contributed by atoms with Gasteiger partial charge in [-0.1, -0.05) is 30.3 Å². The number of piperidine rings is 1. The molecule has 118 valence electrons. The molecule has 5 heteroatoms. The number of hydrogen-bond donors (Lipinski definition) is 2. The Kier molecular flexibility index (Phi) is 8.35. The van der Waals surface area contributed by atoms with Crippen LogP contribution in [0.3, 0.4) is 0 Å². The molecule has 0 spiro atoms. The van der Waals surface area contributed by atoms with Crippen molar-refractivity contribution in [3.05, 3.63) is 35.9 Å². The summed E-state index contributed by atoms with van der Waals surface area (Å²) in [7, 11) is 1.99. The van der Waals surface area contributed by atoms with Crippen LogP contribution in [0.5, 0.6) is 0 Å². The molecule has 0 aliphatic carbocycles. The van der Waals surface area contributed by atoms with E-state index in [1.54, 1.807) is 0 Å². The Labute approximate surface area is 133 Å². The topological polar surface area (TPSA) is 44.4 Å². The quantitative estimate of drug-likeness (QED) is 0.840. The van der Waals surface area contributed by atoms with Crippen LogP contribution in [0, 0.1) is 5.92 Å². The predicted molar refractivity (Wildman–Crippen MR) is 88.6 cm³/mol. The third-order valence-electron chi connectivity index (χ3n) is 3.80. The van der Waals surface area contributed by atoms with Gasteiger partial charge in [0, 0.05) is 13.1 Å². The van der Waals surface area contributed by atoms with Crippen molar-refractivity contribution in [2.45, 2.75) is 19.4 Å². The van der Waals surface area contributed by atoms with Gasteiger partial charge in [-0.15, -0.1) is 12.4 Å². The molecule has 0 saturated carbocycles. The summed E-state index contributed by atoms with van der Waals surface area (Å²) < 4.78 is 0. The average Bonchev–Trinajstić information content (AvgIpc) is 2.47. The zero-order chi connectivity index (χ0) is 14.2. The number of nitrogens with one attached hydrogen (secondary N) is 2. The standard InChI is InChI=1S/C16H25N3O.ClH/c1-17-10-15-8-5-9-19(12-15)13-16(20)18-11-14-6-3-2-4-7-14;/h2-4,6-7,15,17H,5,8-13H2,1H3,(H,18,20);1H. The van der Waals surface area contributed by atoms with E-state index in [4.69, 9.17) is 0 Å². The number of nitrogens with zero attached hydrogens (tertiary/aromatic N) is 1. The van der Waals surface area contributed by atoms with Crippen LogP contribution in [0.1, 0.15) is 18.4 Å². The normalized spacial score (nSPS) is 18.8. The highest BCUT2D eigenvalue weighted by Gasteiger charge is 2.20. The molecule has 1 amide bonds. The van der Waals surface area contributed by atoms with E-state index in [9.17, 15) is 4.79 Å². The van der Waals surface area contributed by atoms with Crippen molar-refractivity contribution >= 4 is 18.3 Å². The molecular weight excluding hydrogens is 286 g/mol. The van der Waals surface area contributed by atoms with Gasteiger partial charge in [0.1, 0.15) is 0 Å². The van der Waals surface area contributed by atoms with Crippen molar-refractivity contribution < 1.29 is 4.79 Å². The maximum absolute atomic E-state index is 12.0. The molecule has 1 aromatic carbocycles. The second kappa shape index (κ2) is 9.77. The number of halogens is 1. The molecule has 1 saturated heterocycles. The first-order valence-electron chi connectivity index (χ1n) is 7.45. The molecule has 0 aromatic heterocycles. The minimum Gasteiger partial charge on any atom is -0.351 e. The van der Waals surface area contributed by atoms with Gasteiger partial charge in [0.05, 0.1) is 6.54 Å². The number of hydrogen-bond acceptors (Lipinski definition) is 3. The molecule has 1 heterocycles. The van der Waals surface area contributed by atoms with Crippen molar-refractivity contribution in [1.29, 1.82) is 0 Å². The largest absolute Gasteiger partial charge is 0.351 e. The Hall–Kier alpha value is -1.10. The molecule has 2 rings (SSSR count). The SMILES string of the molecule is CNCC1CCCN(CC(=O)NCc2ccccc2)C1.Cl. The van der Waals surface area contributed by atoms with E-state index in [1.165, 1.54) is 12.8 Å². The van der Waals surface area contributed by atoms with E-state index < -0.39 is 0 Å². The Bertz CT molecular complexity index is 411. The monoisotopic (exact) mass is 311 g/mol. The van der Waals surface area contributed by atoms with Crippen LogP contribution in [-0.2, 0) is 11.3 Å². The first-order valence-corrected chi connectivity index (χ1v) is 7.45. The van der Waals surface area contributed by atoms with E-state index in [0.29, 0.717) is 19.0 Å². The Morgan fingerprint density at radius 3 is 2.81 bits per heavy atom. The summed E-state index contributed by atoms with van der Waals surface area (Å²) >= 11 is 0. The van der Waals surface area contributed by atoms with Gasteiger partial charge in [-0.3, -0.25) is 9.69 Å². The minimum absolute atomic E-state index is 0. The summed E-state index contributed by atoms with van der Waals surface area (Å²) in [5, 5.41) is 6.23. The molecule has 1 fully saturated rings. The third-order valence-corrected chi connectivity index (χ3v) is 3.80. The van der Waals surface area contributed by atoms with Crippen LogP contribution in [0.2, 0.25) is 0 Å². The molecular formula is C16H26ClN3O. The fourth-order valence-electron chi connectivity index (χ4n) is 2.81. The molecule has 0 bridgehead atoms. The predicted octanol–water partition coefficient (Wildman–Crippen LogP) is 1.66. The van der Waals surface area contributed by atoms with Gasteiger partial charge < -0.3 is 10.6 Å². The third kappa shape index (κ3) is 6.46. The Morgan fingerprint density at radius 2 is 2.10 bits per heavy atom. The zero-order valence-corrected chi connectivity index (χ0v) is 13.5. The van der Waals surface area contributed by atoms with E-state index in [0.717, 1.165) is 25.2 Å². The smallest absolute Gasteiger partial charge is 0.234 e. The van der Waals surface area contributed by atoms with Crippen molar-refractivity contribution in [1.82, 2.24) is 15.5 Å². The highest BCUT2D eigenvalue weighted by molar-refractivity contribution is 5.85. The molecule has 0 radical (unpaired) electrons. The lowest BCUT2D eigenvalue weighted by molar-refractivity contribution is -0.122. The summed E-state index contributed by atoms with van der Waals surface area (Å²) in [4.78, 5) is 14.3. The molecule has 1 atom stereocenters. The second-order valence-corrected chi connectivity index (χ2v) is 5.56. The first kappa shape index (κ1) is 18.0. The summed E-state index contributed by atoms with van der Waals surface area (Å²) in [6.45, 7) is 4.25. The fraction of sp³-hybridized carbons (Fsp3) is 0.562. The number of amides is 1. The number of rotatable bonds is 6. The summed E-state index contributed by atoms with van der Waals surface area (Å²) in [5.74, 6) is 0.801. The number of likely N-dealkylation sites (tertiary alicyclic amines) is 1. The van der Waals surface area contributed by atoms with Gasteiger partial charge in [-0.05, 0) is 44.5 Å². The second-order valence-electron chi connectivity index (χ2n) is 5.56. The molecule has 2 N–H and O–H groups in total. The average molecular weight is 312 g/mol. The fourth-order valence-corrected chi connectivity index (χ4v) is 2.81. The van der Waals surface area contributed by atoms with Gasteiger partial charge in [0.25, 0.3) is 0 Å². The van der Waals surface area contributed by atoms with Crippen molar-refractivity contribution in [2.24, 2.45) is 5.92 Å². The molecule has 4 nitrogen and oxygen atoms in total. The van der Waals surface area contributed by atoms with Gasteiger partial charge >= 0.3 is 0 Å².